The van der Waals surface area contributed by atoms with E-state index in [2.05, 4.69) is 4.90 Å². The molecule has 1 heterocycles. The van der Waals surface area contributed by atoms with Gasteiger partial charge in [0.25, 0.3) is 5.91 Å². The molecule has 1 fully saturated rings. The molecule has 2 aromatic rings. The standard InChI is InChI=1S/C18H18Cl2N2O2/c1-24-15-4-2-3-13(11-15)18(23)22-9-7-21(8-10-22)17-12-14(19)5-6-16(17)20/h2-6,11-12H,7-10H2,1H3. The summed E-state index contributed by atoms with van der Waals surface area (Å²) < 4.78 is 5.19. The molecule has 6 heteroatoms. The van der Waals surface area contributed by atoms with Gasteiger partial charge in [-0.1, -0.05) is 29.3 Å². The molecule has 0 bridgehead atoms. The zero-order valence-electron chi connectivity index (χ0n) is 13.3. The molecule has 0 aromatic heterocycles. The molecule has 3 rings (SSSR count). The van der Waals surface area contributed by atoms with E-state index in [0.29, 0.717) is 34.4 Å². The molecule has 1 saturated heterocycles. The van der Waals surface area contributed by atoms with Crippen LogP contribution in [0, 0.1) is 0 Å². The van der Waals surface area contributed by atoms with Crippen LogP contribution in [0.3, 0.4) is 0 Å². The second-order valence-corrected chi connectivity index (χ2v) is 6.45. The molecule has 0 unspecified atom stereocenters. The molecular weight excluding hydrogens is 347 g/mol. The predicted octanol–water partition coefficient (Wildman–Crippen LogP) is 3.96. The Labute approximate surface area is 151 Å². The van der Waals surface area contributed by atoms with Crippen molar-refractivity contribution < 1.29 is 9.53 Å². The predicted molar refractivity (Wildman–Crippen MR) is 97.6 cm³/mol. The van der Waals surface area contributed by atoms with Crippen molar-refractivity contribution in [3.05, 3.63) is 58.1 Å². The molecule has 2 aromatic carbocycles. The van der Waals surface area contributed by atoms with Crippen molar-refractivity contribution in [1.29, 1.82) is 0 Å². The summed E-state index contributed by atoms with van der Waals surface area (Å²) in [6.45, 7) is 2.71. The van der Waals surface area contributed by atoms with Gasteiger partial charge in [-0.2, -0.15) is 0 Å². The number of ether oxygens (including phenoxy) is 1. The van der Waals surface area contributed by atoms with Gasteiger partial charge in [-0.3, -0.25) is 4.79 Å². The number of rotatable bonds is 3. The van der Waals surface area contributed by atoms with E-state index in [-0.39, 0.29) is 5.91 Å². The van der Waals surface area contributed by atoms with E-state index in [1.807, 2.05) is 29.2 Å². The highest BCUT2D eigenvalue weighted by atomic mass is 35.5. The second kappa shape index (κ2) is 7.32. The summed E-state index contributed by atoms with van der Waals surface area (Å²) in [6, 6.07) is 12.7. The average molecular weight is 365 g/mol. The van der Waals surface area contributed by atoms with Crippen molar-refractivity contribution in [2.45, 2.75) is 0 Å². The number of carbonyl (C=O) groups excluding carboxylic acids is 1. The number of carbonyl (C=O) groups is 1. The van der Waals surface area contributed by atoms with Crippen molar-refractivity contribution in [2.75, 3.05) is 38.2 Å². The quantitative estimate of drug-likeness (QED) is 0.825. The largest absolute Gasteiger partial charge is 0.497 e. The number of halogens is 2. The van der Waals surface area contributed by atoms with Crippen molar-refractivity contribution in [1.82, 2.24) is 4.90 Å². The fourth-order valence-electron chi connectivity index (χ4n) is 2.82. The topological polar surface area (TPSA) is 32.8 Å². The van der Waals surface area contributed by atoms with Crippen LogP contribution in [-0.2, 0) is 0 Å². The summed E-state index contributed by atoms with van der Waals surface area (Å²) in [6.07, 6.45) is 0. The van der Waals surface area contributed by atoms with Gasteiger partial charge in [0.15, 0.2) is 0 Å². The Balaban J connectivity index is 1.68. The monoisotopic (exact) mass is 364 g/mol. The lowest BCUT2D eigenvalue weighted by atomic mass is 10.1. The number of piperazine rings is 1. The summed E-state index contributed by atoms with van der Waals surface area (Å²) in [7, 11) is 1.59. The third-order valence-corrected chi connectivity index (χ3v) is 4.69. The Morgan fingerprint density at radius 1 is 1.04 bits per heavy atom. The Bertz CT molecular complexity index is 744. The second-order valence-electron chi connectivity index (χ2n) is 5.61. The Hall–Kier alpha value is -1.91. The first kappa shape index (κ1) is 16.9. The summed E-state index contributed by atoms with van der Waals surface area (Å²) in [4.78, 5) is 16.6. The van der Waals surface area contributed by atoms with Crippen LogP contribution in [0.15, 0.2) is 42.5 Å². The van der Waals surface area contributed by atoms with E-state index in [9.17, 15) is 4.79 Å². The first-order chi connectivity index (χ1) is 11.6. The van der Waals surface area contributed by atoms with Gasteiger partial charge >= 0.3 is 0 Å². The van der Waals surface area contributed by atoms with E-state index < -0.39 is 0 Å². The number of hydrogen-bond acceptors (Lipinski definition) is 3. The van der Waals surface area contributed by atoms with Gasteiger partial charge in [0.1, 0.15) is 5.75 Å². The lowest BCUT2D eigenvalue weighted by molar-refractivity contribution is 0.0746. The van der Waals surface area contributed by atoms with Gasteiger partial charge in [-0.05, 0) is 36.4 Å². The lowest BCUT2D eigenvalue weighted by Gasteiger charge is -2.36. The maximum atomic E-state index is 12.6. The highest BCUT2D eigenvalue weighted by Gasteiger charge is 2.23. The molecule has 1 aliphatic heterocycles. The number of nitrogens with zero attached hydrogens (tertiary/aromatic N) is 2. The first-order valence-corrected chi connectivity index (χ1v) is 8.47. The van der Waals surface area contributed by atoms with Gasteiger partial charge < -0.3 is 14.5 Å². The maximum Gasteiger partial charge on any atom is 0.254 e. The average Bonchev–Trinajstić information content (AvgIpc) is 2.63. The number of amides is 1. The van der Waals surface area contributed by atoms with Crippen molar-refractivity contribution >= 4 is 34.8 Å². The molecule has 1 amide bonds. The van der Waals surface area contributed by atoms with Crippen LogP contribution in [-0.4, -0.2) is 44.1 Å². The summed E-state index contributed by atoms with van der Waals surface area (Å²) in [5.74, 6) is 0.705. The SMILES string of the molecule is COc1cccc(C(=O)N2CCN(c3cc(Cl)ccc3Cl)CC2)c1. The molecule has 0 spiro atoms. The zero-order chi connectivity index (χ0) is 17.1. The molecular formula is C18H18Cl2N2O2. The van der Waals surface area contributed by atoms with Crippen LogP contribution < -0.4 is 9.64 Å². The smallest absolute Gasteiger partial charge is 0.254 e. The maximum absolute atomic E-state index is 12.6. The fourth-order valence-corrected chi connectivity index (χ4v) is 3.22. The highest BCUT2D eigenvalue weighted by molar-refractivity contribution is 6.35. The van der Waals surface area contributed by atoms with Gasteiger partial charge in [0.05, 0.1) is 17.8 Å². The number of benzene rings is 2. The molecule has 0 N–H and O–H groups in total. The van der Waals surface area contributed by atoms with Crippen LogP contribution in [0.4, 0.5) is 5.69 Å². The van der Waals surface area contributed by atoms with E-state index in [1.165, 1.54) is 0 Å². The zero-order valence-corrected chi connectivity index (χ0v) is 14.8. The summed E-state index contributed by atoms with van der Waals surface area (Å²) >= 11 is 12.3. The minimum Gasteiger partial charge on any atom is -0.497 e. The minimum atomic E-state index is 0.0192. The van der Waals surface area contributed by atoms with E-state index >= 15 is 0 Å². The van der Waals surface area contributed by atoms with Crippen molar-refractivity contribution in [2.24, 2.45) is 0 Å². The molecule has 1 aliphatic rings. The van der Waals surface area contributed by atoms with Crippen LogP contribution >= 0.6 is 23.2 Å². The third-order valence-electron chi connectivity index (χ3n) is 4.13. The van der Waals surface area contributed by atoms with Gasteiger partial charge in [-0.15, -0.1) is 0 Å². The molecule has 0 radical (unpaired) electrons. The molecule has 0 atom stereocenters. The van der Waals surface area contributed by atoms with Crippen LogP contribution in [0.1, 0.15) is 10.4 Å². The minimum absolute atomic E-state index is 0.0192. The Morgan fingerprint density at radius 3 is 2.50 bits per heavy atom. The third kappa shape index (κ3) is 3.60. The van der Waals surface area contributed by atoms with Crippen molar-refractivity contribution in [3.8, 4) is 5.75 Å². The van der Waals surface area contributed by atoms with E-state index in [1.54, 1.807) is 25.3 Å². The number of hydrogen-bond donors (Lipinski definition) is 0. The lowest BCUT2D eigenvalue weighted by Crippen LogP contribution is -2.48. The van der Waals surface area contributed by atoms with Gasteiger partial charge in [-0.25, -0.2) is 0 Å². The van der Waals surface area contributed by atoms with E-state index in [4.69, 9.17) is 27.9 Å². The van der Waals surface area contributed by atoms with Gasteiger partial charge in [0.2, 0.25) is 0 Å². The Morgan fingerprint density at radius 2 is 1.79 bits per heavy atom. The van der Waals surface area contributed by atoms with Crippen LogP contribution in [0.5, 0.6) is 5.75 Å². The number of anilines is 1. The van der Waals surface area contributed by atoms with Crippen LogP contribution in [0.25, 0.3) is 0 Å². The summed E-state index contributed by atoms with van der Waals surface area (Å²) in [5.41, 5.74) is 1.56. The molecule has 4 nitrogen and oxygen atoms in total. The highest BCUT2D eigenvalue weighted by Crippen LogP contribution is 2.30. The molecule has 126 valence electrons. The van der Waals surface area contributed by atoms with Crippen molar-refractivity contribution in [3.63, 3.8) is 0 Å². The Kier molecular flexibility index (Phi) is 5.17. The van der Waals surface area contributed by atoms with E-state index in [0.717, 1.165) is 18.8 Å². The van der Waals surface area contributed by atoms with Crippen LogP contribution in [0.2, 0.25) is 10.0 Å². The molecule has 0 aliphatic carbocycles. The van der Waals surface area contributed by atoms with Gasteiger partial charge in [0, 0.05) is 36.8 Å². The normalized spacial score (nSPS) is 14.6. The summed E-state index contributed by atoms with van der Waals surface area (Å²) in [5, 5.41) is 1.33. The fraction of sp³-hybridized carbons (Fsp3) is 0.278. The molecule has 0 saturated carbocycles. The number of methoxy groups -OCH3 is 1. The first-order valence-electron chi connectivity index (χ1n) is 7.72. The molecule has 24 heavy (non-hydrogen) atoms.